The van der Waals surface area contributed by atoms with Crippen molar-refractivity contribution in [3.63, 3.8) is 0 Å². The molecule has 0 aliphatic carbocycles. The number of rotatable bonds is 6. The average molecular weight is 278 g/mol. The quantitative estimate of drug-likeness (QED) is 0.811. The highest BCUT2D eigenvalue weighted by molar-refractivity contribution is 7.98. The SMILES string of the molecule is CSCCCn1nnc(C(=O)O)c1-c1ccccn1. The first-order valence-electron chi connectivity index (χ1n) is 5.81. The summed E-state index contributed by atoms with van der Waals surface area (Å²) in [6.07, 6.45) is 4.56. The molecule has 0 saturated carbocycles. The molecule has 0 aliphatic rings. The van der Waals surface area contributed by atoms with Crippen LogP contribution in [0.4, 0.5) is 0 Å². The van der Waals surface area contributed by atoms with Crippen LogP contribution in [0.5, 0.6) is 0 Å². The van der Waals surface area contributed by atoms with Gasteiger partial charge in [-0.1, -0.05) is 11.3 Å². The second-order valence-corrected chi connectivity index (χ2v) is 4.86. The summed E-state index contributed by atoms with van der Waals surface area (Å²) >= 11 is 1.74. The number of hydrogen-bond acceptors (Lipinski definition) is 5. The molecule has 0 bridgehead atoms. The molecule has 2 aromatic rings. The zero-order chi connectivity index (χ0) is 13.7. The summed E-state index contributed by atoms with van der Waals surface area (Å²) in [4.78, 5) is 15.4. The third-order valence-electron chi connectivity index (χ3n) is 2.56. The Bertz CT molecular complexity index is 556. The van der Waals surface area contributed by atoms with Crippen LogP contribution >= 0.6 is 11.8 Å². The number of aromatic nitrogens is 4. The Labute approximate surface area is 114 Å². The van der Waals surface area contributed by atoms with E-state index in [1.54, 1.807) is 34.8 Å². The van der Waals surface area contributed by atoms with Crippen molar-refractivity contribution in [2.24, 2.45) is 0 Å². The molecule has 1 N–H and O–H groups in total. The summed E-state index contributed by atoms with van der Waals surface area (Å²) in [5.41, 5.74) is 0.992. The molecule has 0 spiro atoms. The largest absolute Gasteiger partial charge is 0.476 e. The van der Waals surface area contributed by atoms with E-state index in [4.69, 9.17) is 5.11 Å². The Balaban J connectivity index is 2.37. The fraction of sp³-hybridized carbons (Fsp3) is 0.333. The number of carbonyl (C=O) groups is 1. The van der Waals surface area contributed by atoms with Crippen LogP contribution in [0, 0.1) is 0 Å². The van der Waals surface area contributed by atoms with Crippen LogP contribution in [0.2, 0.25) is 0 Å². The van der Waals surface area contributed by atoms with E-state index in [0.717, 1.165) is 12.2 Å². The predicted molar refractivity (Wildman–Crippen MR) is 73.2 cm³/mol. The van der Waals surface area contributed by atoms with Crippen LogP contribution in [-0.4, -0.2) is 43.1 Å². The van der Waals surface area contributed by atoms with Crippen molar-refractivity contribution in [3.8, 4) is 11.4 Å². The van der Waals surface area contributed by atoms with Gasteiger partial charge in [0.25, 0.3) is 0 Å². The second kappa shape index (κ2) is 6.33. The maximum atomic E-state index is 11.2. The molecule has 0 aromatic carbocycles. The van der Waals surface area contributed by atoms with Crippen LogP contribution in [0.3, 0.4) is 0 Å². The summed E-state index contributed by atoms with van der Waals surface area (Å²) in [6.45, 7) is 0.632. The monoisotopic (exact) mass is 278 g/mol. The summed E-state index contributed by atoms with van der Waals surface area (Å²) in [5.74, 6) is -0.0963. The lowest BCUT2D eigenvalue weighted by Gasteiger charge is -2.05. The van der Waals surface area contributed by atoms with Crippen LogP contribution in [-0.2, 0) is 6.54 Å². The molecular weight excluding hydrogens is 264 g/mol. The van der Waals surface area contributed by atoms with Gasteiger partial charge in [-0.05, 0) is 30.6 Å². The molecule has 0 radical (unpaired) electrons. The van der Waals surface area contributed by atoms with Gasteiger partial charge in [-0.3, -0.25) is 4.98 Å². The molecule has 0 fully saturated rings. The van der Waals surface area contributed by atoms with Gasteiger partial charge >= 0.3 is 5.97 Å². The summed E-state index contributed by atoms with van der Waals surface area (Å²) in [7, 11) is 0. The van der Waals surface area contributed by atoms with Crippen LogP contribution in [0.25, 0.3) is 11.4 Å². The molecular formula is C12H14N4O2S. The Kier molecular flexibility index (Phi) is 4.51. The molecule has 19 heavy (non-hydrogen) atoms. The smallest absolute Gasteiger partial charge is 0.358 e. The van der Waals surface area contributed by atoms with Crippen molar-refractivity contribution < 1.29 is 9.90 Å². The van der Waals surface area contributed by atoms with E-state index in [-0.39, 0.29) is 5.69 Å². The van der Waals surface area contributed by atoms with Crippen LogP contribution in [0.15, 0.2) is 24.4 Å². The molecule has 6 nitrogen and oxygen atoms in total. The first-order chi connectivity index (χ1) is 9.24. The number of thioether (sulfide) groups is 1. The summed E-state index contributed by atoms with van der Waals surface area (Å²) < 4.78 is 1.61. The fourth-order valence-electron chi connectivity index (χ4n) is 1.73. The van der Waals surface area contributed by atoms with Crippen molar-refractivity contribution in [2.75, 3.05) is 12.0 Å². The topological polar surface area (TPSA) is 80.9 Å². The molecule has 7 heteroatoms. The number of aryl methyl sites for hydroxylation is 1. The minimum absolute atomic E-state index is 0.0529. The van der Waals surface area contributed by atoms with Crippen molar-refractivity contribution in [3.05, 3.63) is 30.1 Å². The molecule has 0 aliphatic heterocycles. The van der Waals surface area contributed by atoms with Gasteiger partial charge in [-0.2, -0.15) is 11.8 Å². The molecule has 2 aromatic heterocycles. The number of nitrogens with zero attached hydrogens (tertiary/aromatic N) is 4. The van der Waals surface area contributed by atoms with Crippen LogP contribution in [0.1, 0.15) is 16.9 Å². The number of pyridine rings is 1. The highest BCUT2D eigenvalue weighted by Crippen LogP contribution is 2.20. The molecule has 2 rings (SSSR count). The van der Waals surface area contributed by atoms with E-state index in [2.05, 4.69) is 15.3 Å². The first kappa shape index (κ1) is 13.5. The maximum Gasteiger partial charge on any atom is 0.358 e. The maximum absolute atomic E-state index is 11.2. The minimum atomic E-state index is -1.09. The van der Waals surface area contributed by atoms with Crippen molar-refractivity contribution in [1.82, 2.24) is 20.0 Å². The Morgan fingerprint density at radius 2 is 2.32 bits per heavy atom. The third-order valence-corrected chi connectivity index (χ3v) is 3.26. The molecule has 100 valence electrons. The number of aromatic carboxylic acids is 1. The van der Waals surface area contributed by atoms with Gasteiger partial charge in [0, 0.05) is 12.7 Å². The van der Waals surface area contributed by atoms with Crippen molar-refractivity contribution in [2.45, 2.75) is 13.0 Å². The number of hydrogen-bond donors (Lipinski definition) is 1. The average Bonchev–Trinajstić information content (AvgIpc) is 2.84. The lowest BCUT2D eigenvalue weighted by atomic mass is 10.2. The van der Waals surface area contributed by atoms with Crippen molar-refractivity contribution in [1.29, 1.82) is 0 Å². The summed E-state index contributed by atoms with van der Waals surface area (Å²) in [6, 6.07) is 5.36. The van der Waals surface area contributed by atoms with E-state index < -0.39 is 5.97 Å². The Hall–Kier alpha value is -1.89. The zero-order valence-corrected chi connectivity index (χ0v) is 11.3. The minimum Gasteiger partial charge on any atom is -0.476 e. The van der Waals surface area contributed by atoms with Gasteiger partial charge in [-0.15, -0.1) is 5.10 Å². The van der Waals surface area contributed by atoms with Gasteiger partial charge in [0.1, 0.15) is 5.69 Å². The Morgan fingerprint density at radius 3 is 2.95 bits per heavy atom. The second-order valence-electron chi connectivity index (χ2n) is 3.88. The molecule has 0 unspecified atom stereocenters. The zero-order valence-electron chi connectivity index (χ0n) is 10.5. The van der Waals surface area contributed by atoms with Gasteiger partial charge in [0.2, 0.25) is 0 Å². The molecule has 0 amide bonds. The lowest BCUT2D eigenvalue weighted by molar-refractivity contribution is 0.0691. The van der Waals surface area contributed by atoms with E-state index in [9.17, 15) is 4.79 Å². The van der Waals surface area contributed by atoms with Gasteiger partial charge in [0.15, 0.2) is 5.69 Å². The predicted octanol–water partition coefficient (Wildman–Crippen LogP) is 1.79. The van der Waals surface area contributed by atoms with E-state index in [1.165, 1.54) is 0 Å². The standard InChI is InChI=1S/C12H14N4O2S/c1-19-8-4-7-16-11(9-5-2-3-6-13-9)10(12(17)18)14-15-16/h2-3,5-6H,4,7-8H2,1H3,(H,17,18). The highest BCUT2D eigenvalue weighted by atomic mass is 32.2. The number of carboxylic acid groups (broad SMARTS) is 1. The van der Waals surface area contributed by atoms with E-state index in [0.29, 0.717) is 17.9 Å². The fourth-order valence-corrected chi connectivity index (χ4v) is 2.15. The lowest BCUT2D eigenvalue weighted by Crippen LogP contribution is -2.06. The molecule has 0 saturated heterocycles. The van der Waals surface area contributed by atoms with Crippen LogP contribution < -0.4 is 0 Å². The normalized spacial score (nSPS) is 10.6. The van der Waals surface area contributed by atoms with E-state index in [1.807, 2.05) is 12.3 Å². The van der Waals surface area contributed by atoms with Gasteiger partial charge in [-0.25, -0.2) is 9.48 Å². The molecule has 2 heterocycles. The van der Waals surface area contributed by atoms with Gasteiger partial charge < -0.3 is 5.11 Å². The first-order valence-corrected chi connectivity index (χ1v) is 7.20. The van der Waals surface area contributed by atoms with Crippen molar-refractivity contribution >= 4 is 17.7 Å². The Morgan fingerprint density at radius 1 is 1.47 bits per heavy atom. The van der Waals surface area contributed by atoms with Gasteiger partial charge in [0.05, 0.1) is 5.69 Å². The third kappa shape index (κ3) is 3.11. The summed E-state index contributed by atoms with van der Waals surface area (Å²) in [5, 5.41) is 16.8. The number of carboxylic acids is 1. The van der Waals surface area contributed by atoms with E-state index >= 15 is 0 Å². The highest BCUT2D eigenvalue weighted by Gasteiger charge is 2.20. The molecule has 0 atom stereocenters.